The van der Waals surface area contributed by atoms with Gasteiger partial charge in [0.2, 0.25) is 0 Å². The number of benzene rings is 1. The Hall–Kier alpha value is -0.850. The van der Waals surface area contributed by atoms with Crippen molar-refractivity contribution in [2.75, 3.05) is 0 Å². The third-order valence-electron chi connectivity index (χ3n) is 2.99. The molecule has 0 bridgehead atoms. The predicted octanol–water partition coefficient (Wildman–Crippen LogP) is 5.23. The maximum absolute atomic E-state index is 13.1. The Morgan fingerprint density at radius 2 is 1.80 bits per heavy atom. The minimum absolute atomic E-state index is 0.124. The second-order valence-corrected chi connectivity index (χ2v) is 6.88. The molecule has 1 atom stereocenters. The quantitative estimate of drug-likeness (QED) is 0.773. The van der Waals surface area contributed by atoms with Gasteiger partial charge in [-0.3, -0.25) is 0 Å². The minimum atomic E-state index is -4.50. The van der Waals surface area contributed by atoms with Gasteiger partial charge in [0.15, 0.2) is 0 Å². The first-order valence-corrected chi connectivity index (χ1v) is 7.42. The van der Waals surface area contributed by atoms with E-state index in [0.29, 0.717) is 10.0 Å². The van der Waals surface area contributed by atoms with Crippen molar-refractivity contribution >= 4 is 27.3 Å². The van der Waals surface area contributed by atoms with Gasteiger partial charge in [-0.25, -0.2) is 0 Å². The van der Waals surface area contributed by atoms with Crippen molar-refractivity contribution in [1.82, 2.24) is 0 Å². The van der Waals surface area contributed by atoms with Gasteiger partial charge >= 0.3 is 6.18 Å². The van der Waals surface area contributed by atoms with E-state index in [0.717, 1.165) is 15.8 Å². The maximum Gasteiger partial charge on any atom is 0.416 e. The summed E-state index contributed by atoms with van der Waals surface area (Å²) >= 11 is 4.49. The van der Waals surface area contributed by atoms with Gasteiger partial charge in [0.25, 0.3) is 0 Å². The molecule has 0 saturated heterocycles. The van der Waals surface area contributed by atoms with Crippen molar-refractivity contribution in [2.24, 2.45) is 0 Å². The number of halogens is 4. The Morgan fingerprint density at radius 3 is 2.30 bits per heavy atom. The first-order chi connectivity index (χ1) is 9.20. The van der Waals surface area contributed by atoms with Gasteiger partial charge in [0.1, 0.15) is 6.10 Å². The second-order valence-electron chi connectivity index (χ2n) is 4.50. The Kier molecular flexibility index (Phi) is 4.27. The summed E-state index contributed by atoms with van der Waals surface area (Å²) in [4.78, 5) is 1.79. The van der Waals surface area contributed by atoms with Gasteiger partial charge in [-0.1, -0.05) is 22.0 Å². The van der Waals surface area contributed by atoms with Crippen LogP contribution in [0.5, 0.6) is 0 Å². The fourth-order valence-electron chi connectivity index (χ4n) is 2.10. The highest BCUT2D eigenvalue weighted by atomic mass is 79.9. The number of aliphatic hydroxyl groups is 1. The molecule has 0 aliphatic carbocycles. The molecule has 1 unspecified atom stereocenters. The smallest absolute Gasteiger partial charge is 0.384 e. The highest BCUT2D eigenvalue weighted by Gasteiger charge is 2.35. The van der Waals surface area contributed by atoms with Crippen molar-refractivity contribution < 1.29 is 18.3 Å². The van der Waals surface area contributed by atoms with E-state index < -0.39 is 17.8 Å². The fourth-order valence-corrected chi connectivity index (χ4v) is 3.42. The highest BCUT2D eigenvalue weighted by Crippen LogP contribution is 2.39. The van der Waals surface area contributed by atoms with Gasteiger partial charge in [-0.2, -0.15) is 13.2 Å². The first-order valence-electron chi connectivity index (χ1n) is 5.82. The molecule has 1 N–H and O–H groups in total. The van der Waals surface area contributed by atoms with Crippen LogP contribution in [0.1, 0.15) is 32.5 Å². The summed E-state index contributed by atoms with van der Waals surface area (Å²) in [5.41, 5.74) is -0.412. The third kappa shape index (κ3) is 3.07. The second kappa shape index (κ2) is 5.50. The lowest BCUT2D eigenvalue weighted by atomic mass is 9.97. The molecular formula is C14H12BrF3OS. The maximum atomic E-state index is 13.1. The fraction of sp³-hybridized carbons (Fsp3) is 0.286. The largest absolute Gasteiger partial charge is 0.416 e. The topological polar surface area (TPSA) is 20.2 Å². The molecule has 1 heterocycles. The van der Waals surface area contributed by atoms with E-state index in [4.69, 9.17) is 0 Å². The number of aryl methyl sites for hydroxylation is 2. The summed E-state index contributed by atoms with van der Waals surface area (Å²) in [6, 6.07) is 5.53. The van der Waals surface area contributed by atoms with Crippen LogP contribution in [0.25, 0.3) is 0 Å². The zero-order valence-corrected chi connectivity index (χ0v) is 13.2. The molecule has 108 valence electrons. The van der Waals surface area contributed by atoms with E-state index in [1.165, 1.54) is 23.5 Å². The molecule has 0 aliphatic heterocycles. The number of hydrogen-bond donors (Lipinski definition) is 1. The minimum Gasteiger partial charge on any atom is -0.384 e. The summed E-state index contributed by atoms with van der Waals surface area (Å²) in [6.07, 6.45) is -5.77. The number of alkyl halides is 3. The lowest BCUT2D eigenvalue weighted by Crippen LogP contribution is -2.13. The molecule has 2 aromatic rings. The molecule has 1 aromatic heterocycles. The Morgan fingerprint density at radius 1 is 1.15 bits per heavy atom. The van der Waals surface area contributed by atoms with Crippen LogP contribution in [0, 0.1) is 13.8 Å². The van der Waals surface area contributed by atoms with Crippen LogP contribution in [0.4, 0.5) is 13.2 Å². The van der Waals surface area contributed by atoms with E-state index >= 15 is 0 Å². The third-order valence-corrected chi connectivity index (χ3v) is 4.46. The van der Waals surface area contributed by atoms with Crippen LogP contribution in [-0.2, 0) is 6.18 Å². The number of aliphatic hydroxyl groups excluding tert-OH is 1. The van der Waals surface area contributed by atoms with E-state index in [9.17, 15) is 18.3 Å². The van der Waals surface area contributed by atoms with Gasteiger partial charge < -0.3 is 5.11 Å². The molecular weight excluding hydrogens is 353 g/mol. The van der Waals surface area contributed by atoms with Crippen LogP contribution in [-0.4, -0.2) is 5.11 Å². The van der Waals surface area contributed by atoms with E-state index in [1.54, 1.807) is 13.0 Å². The van der Waals surface area contributed by atoms with Gasteiger partial charge in [0, 0.05) is 14.2 Å². The summed E-state index contributed by atoms with van der Waals surface area (Å²) < 4.78 is 39.6. The monoisotopic (exact) mass is 364 g/mol. The standard InChI is InChI=1S/C14H12BrF3OS/c1-7-5-11(8(2)20-7)13(19)10-4-3-9(15)6-12(10)14(16,17)18/h3-6,13,19H,1-2H3. The molecule has 0 amide bonds. The van der Waals surface area contributed by atoms with Crippen LogP contribution in [0.2, 0.25) is 0 Å². The van der Waals surface area contributed by atoms with Crippen molar-refractivity contribution in [3.63, 3.8) is 0 Å². The summed E-state index contributed by atoms with van der Waals surface area (Å²) in [7, 11) is 0. The first kappa shape index (κ1) is 15.5. The van der Waals surface area contributed by atoms with E-state index in [2.05, 4.69) is 15.9 Å². The number of rotatable bonds is 2. The van der Waals surface area contributed by atoms with Gasteiger partial charge in [-0.15, -0.1) is 11.3 Å². The van der Waals surface area contributed by atoms with Crippen LogP contribution in [0.15, 0.2) is 28.7 Å². The van der Waals surface area contributed by atoms with Gasteiger partial charge in [0.05, 0.1) is 5.56 Å². The van der Waals surface area contributed by atoms with Crippen LogP contribution >= 0.6 is 27.3 Å². The Balaban J connectivity index is 2.55. The molecule has 0 aliphatic rings. The predicted molar refractivity (Wildman–Crippen MR) is 77.0 cm³/mol. The molecule has 0 spiro atoms. The zero-order valence-electron chi connectivity index (χ0n) is 10.8. The zero-order chi connectivity index (χ0) is 15.1. The lowest BCUT2D eigenvalue weighted by molar-refractivity contribution is -0.139. The average molecular weight is 365 g/mol. The molecule has 20 heavy (non-hydrogen) atoms. The summed E-state index contributed by atoms with van der Waals surface area (Å²) in [5, 5.41) is 10.3. The van der Waals surface area contributed by atoms with Crippen LogP contribution < -0.4 is 0 Å². The molecule has 2 rings (SSSR count). The highest BCUT2D eigenvalue weighted by molar-refractivity contribution is 9.10. The summed E-state index contributed by atoms with van der Waals surface area (Å²) in [6.45, 7) is 3.66. The molecule has 1 nitrogen and oxygen atoms in total. The SMILES string of the molecule is Cc1cc(C(O)c2ccc(Br)cc2C(F)(F)F)c(C)s1. The molecule has 6 heteroatoms. The van der Waals surface area contributed by atoms with E-state index in [1.807, 2.05) is 6.92 Å². The Labute approximate surface area is 127 Å². The van der Waals surface area contributed by atoms with Crippen LogP contribution in [0.3, 0.4) is 0 Å². The van der Waals surface area contributed by atoms with Crippen molar-refractivity contribution in [2.45, 2.75) is 26.1 Å². The summed E-state index contributed by atoms with van der Waals surface area (Å²) in [5.74, 6) is 0. The van der Waals surface area contributed by atoms with Crippen molar-refractivity contribution in [1.29, 1.82) is 0 Å². The number of thiophene rings is 1. The molecule has 0 radical (unpaired) electrons. The number of hydrogen-bond acceptors (Lipinski definition) is 2. The molecule has 1 aromatic carbocycles. The van der Waals surface area contributed by atoms with Gasteiger partial charge in [-0.05, 0) is 43.2 Å². The van der Waals surface area contributed by atoms with Crippen molar-refractivity contribution in [3.05, 3.63) is 55.2 Å². The van der Waals surface area contributed by atoms with Crippen molar-refractivity contribution in [3.8, 4) is 0 Å². The van der Waals surface area contributed by atoms with E-state index in [-0.39, 0.29) is 5.56 Å². The molecule has 0 fully saturated rings. The average Bonchev–Trinajstić information content (AvgIpc) is 2.66. The normalized spacial score (nSPS) is 13.6. The molecule has 0 saturated carbocycles. The lowest BCUT2D eigenvalue weighted by Gasteiger charge is -2.18. The Bertz CT molecular complexity index is 634.